The molecule has 0 aliphatic carbocycles. The van der Waals surface area contributed by atoms with Gasteiger partial charge in [0.15, 0.2) is 0 Å². The summed E-state index contributed by atoms with van der Waals surface area (Å²) in [5.41, 5.74) is 1.13. The molecule has 1 unspecified atom stereocenters. The van der Waals surface area contributed by atoms with Crippen LogP contribution in [0.3, 0.4) is 0 Å². The maximum atomic E-state index is 12.3. The number of ether oxygens (including phenoxy) is 1. The molecule has 2 fully saturated rings. The average Bonchev–Trinajstić information content (AvgIpc) is 3.07. The van der Waals surface area contributed by atoms with Crippen molar-refractivity contribution in [3.63, 3.8) is 0 Å². The summed E-state index contributed by atoms with van der Waals surface area (Å²) in [6.45, 7) is 3.14. The lowest BCUT2D eigenvalue weighted by Crippen LogP contribution is -2.45. The van der Waals surface area contributed by atoms with Crippen molar-refractivity contribution in [2.24, 2.45) is 0 Å². The van der Waals surface area contributed by atoms with Gasteiger partial charge in [-0.05, 0) is 49.9 Å². The molecule has 3 rings (SSSR count). The Morgan fingerprint density at radius 2 is 2.22 bits per heavy atom. The van der Waals surface area contributed by atoms with Crippen LogP contribution in [0, 0.1) is 0 Å². The number of carbonyl (C=O) groups excluding carboxylic acids is 1. The zero-order chi connectivity index (χ0) is 16.1. The van der Waals surface area contributed by atoms with E-state index in [1.165, 1.54) is 12.0 Å². The van der Waals surface area contributed by atoms with E-state index < -0.39 is 0 Å². The molecule has 5 heteroatoms. The van der Waals surface area contributed by atoms with Crippen molar-refractivity contribution >= 4 is 17.5 Å². The Bertz CT molecular complexity index is 538. The van der Waals surface area contributed by atoms with Crippen LogP contribution in [0.15, 0.2) is 24.3 Å². The van der Waals surface area contributed by atoms with Gasteiger partial charge >= 0.3 is 0 Å². The summed E-state index contributed by atoms with van der Waals surface area (Å²) in [4.78, 5) is 12.3. The number of hydrogen-bond acceptors (Lipinski definition) is 3. The van der Waals surface area contributed by atoms with Gasteiger partial charge in [-0.15, -0.1) is 0 Å². The van der Waals surface area contributed by atoms with E-state index in [1.807, 2.05) is 18.2 Å². The molecule has 2 saturated heterocycles. The van der Waals surface area contributed by atoms with Gasteiger partial charge in [-0.25, -0.2) is 0 Å². The van der Waals surface area contributed by atoms with Gasteiger partial charge in [0.2, 0.25) is 5.91 Å². The molecule has 1 aromatic carbocycles. The molecule has 0 saturated carbocycles. The predicted octanol–water partition coefficient (Wildman–Crippen LogP) is 2.65. The van der Waals surface area contributed by atoms with Crippen molar-refractivity contribution in [2.45, 2.75) is 43.6 Å². The van der Waals surface area contributed by atoms with Crippen LogP contribution in [0.2, 0.25) is 5.02 Å². The SMILES string of the molecule is O=C(CC1CCCN1)NCC1(c2cccc(Cl)c2)CCOCC1. The van der Waals surface area contributed by atoms with E-state index in [1.54, 1.807) is 0 Å². The Hall–Kier alpha value is -1.10. The summed E-state index contributed by atoms with van der Waals surface area (Å²) in [7, 11) is 0. The van der Waals surface area contributed by atoms with E-state index in [0.29, 0.717) is 19.0 Å². The lowest BCUT2D eigenvalue weighted by atomic mass is 9.74. The normalized spacial score (nSPS) is 23.6. The van der Waals surface area contributed by atoms with Crippen LogP contribution >= 0.6 is 11.6 Å². The van der Waals surface area contributed by atoms with Crippen LogP contribution in [0.1, 0.15) is 37.7 Å². The average molecular weight is 337 g/mol. The molecular weight excluding hydrogens is 312 g/mol. The van der Waals surface area contributed by atoms with Crippen molar-refractivity contribution in [3.05, 3.63) is 34.9 Å². The molecule has 23 heavy (non-hydrogen) atoms. The Morgan fingerprint density at radius 1 is 1.39 bits per heavy atom. The number of halogens is 1. The zero-order valence-electron chi connectivity index (χ0n) is 13.4. The summed E-state index contributed by atoms with van der Waals surface area (Å²) < 4.78 is 5.54. The minimum absolute atomic E-state index is 0.0675. The highest BCUT2D eigenvalue weighted by atomic mass is 35.5. The van der Waals surface area contributed by atoms with Crippen molar-refractivity contribution in [1.82, 2.24) is 10.6 Å². The lowest BCUT2D eigenvalue weighted by Gasteiger charge is -2.38. The quantitative estimate of drug-likeness (QED) is 0.869. The third-order valence-corrected chi connectivity index (χ3v) is 5.34. The highest BCUT2D eigenvalue weighted by Gasteiger charge is 2.35. The van der Waals surface area contributed by atoms with Crippen LogP contribution in [0.25, 0.3) is 0 Å². The van der Waals surface area contributed by atoms with E-state index in [2.05, 4.69) is 16.7 Å². The van der Waals surface area contributed by atoms with Crippen molar-refractivity contribution < 1.29 is 9.53 Å². The molecule has 2 heterocycles. The second-order valence-corrected chi connectivity index (χ2v) is 7.11. The standard InChI is InChI=1S/C18H25ClN2O2/c19-15-4-1-3-14(11-15)18(6-9-23-10-7-18)13-21-17(22)12-16-5-2-8-20-16/h1,3-4,11,16,20H,2,5-10,12-13H2,(H,21,22). The van der Waals surface area contributed by atoms with Gasteiger partial charge in [-0.1, -0.05) is 23.7 Å². The smallest absolute Gasteiger partial charge is 0.221 e. The first-order valence-corrected chi connectivity index (χ1v) is 8.90. The summed E-state index contributed by atoms with van der Waals surface area (Å²) in [5.74, 6) is 0.136. The molecule has 1 amide bonds. The van der Waals surface area contributed by atoms with Gasteiger partial charge in [0.25, 0.3) is 0 Å². The second-order valence-electron chi connectivity index (χ2n) is 6.68. The van der Waals surface area contributed by atoms with Crippen LogP contribution in [-0.2, 0) is 14.9 Å². The number of carbonyl (C=O) groups is 1. The van der Waals surface area contributed by atoms with Gasteiger partial charge < -0.3 is 15.4 Å². The molecule has 0 radical (unpaired) electrons. The third kappa shape index (κ3) is 4.25. The van der Waals surface area contributed by atoms with Gasteiger partial charge in [0.1, 0.15) is 0 Å². The largest absolute Gasteiger partial charge is 0.381 e. The molecule has 2 aliphatic heterocycles. The molecule has 1 aromatic rings. The van der Waals surface area contributed by atoms with Crippen molar-refractivity contribution in [3.8, 4) is 0 Å². The number of benzene rings is 1. The van der Waals surface area contributed by atoms with E-state index in [0.717, 1.165) is 44.0 Å². The number of nitrogens with one attached hydrogen (secondary N) is 2. The third-order valence-electron chi connectivity index (χ3n) is 5.11. The maximum Gasteiger partial charge on any atom is 0.221 e. The van der Waals surface area contributed by atoms with Crippen LogP contribution in [0.5, 0.6) is 0 Å². The minimum atomic E-state index is -0.0675. The number of rotatable bonds is 5. The van der Waals surface area contributed by atoms with Crippen molar-refractivity contribution in [2.75, 3.05) is 26.3 Å². The molecule has 4 nitrogen and oxygen atoms in total. The number of hydrogen-bond donors (Lipinski definition) is 2. The lowest BCUT2D eigenvalue weighted by molar-refractivity contribution is -0.122. The monoisotopic (exact) mass is 336 g/mol. The number of amides is 1. The van der Waals surface area contributed by atoms with E-state index in [4.69, 9.17) is 16.3 Å². The van der Waals surface area contributed by atoms with Gasteiger partial charge in [-0.2, -0.15) is 0 Å². The fourth-order valence-electron chi connectivity index (χ4n) is 3.64. The maximum absolute atomic E-state index is 12.3. The molecule has 1 atom stereocenters. The van der Waals surface area contributed by atoms with E-state index in [-0.39, 0.29) is 11.3 Å². The van der Waals surface area contributed by atoms with Crippen molar-refractivity contribution in [1.29, 1.82) is 0 Å². The summed E-state index contributed by atoms with van der Waals surface area (Å²) in [5, 5.41) is 7.28. The Labute approximate surface area is 142 Å². The molecule has 0 spiro atoms. The fourth-order valence-corrected chi connectivity index (χ4v) is 3.83. The first-order chi connectivity index (χ1) is 11.2. The molecular formula is C18H25ClN2O2. The summed E-state index contributed by atoms with van der Waals surface area (Å²) in [6, 6.07) is 8.35. The van der Waals surface area contributed by atoms with E-state index >= 15 is 0 Å². The van der Waals surface area contributed by atoms with Gasteiger partial charge in [0.05, 0.1) is 0 Å². The van der Waals surface area contributed by atoms with Gasteiger partial charge in [-0.3, -0.25) is 4.79 Å². The summed E-state index contributed by atoms with van der Waals surface area (Å²) in [6.07, 6.45) is 4.66. The molecule has 2 aliphatic rings. The van der Waals surface area contributed by atoms with Crippen LogP contribution in [0.4, 0.5) is 0 Å². The first kappa shape index (κ1) is 16.7. The Kier molecular flexibility index (Phi) is 5.57. The van der Waals surface area contributed by atoms with Crippen LogP contribution in [-0.4, -0.2) is 38.3 Å². The highest BCUT2D eigenvalue weighted by molar-refractivity contribution is 6.30. The minimum Gasteiger partial charge on any atom is -0.381 e. The predicted molar refractivity (Wildman–Crippen MR) is 91.8 cm³/mol. The second kappa shape index (κ2) is 7.65. The fraction of sp³-hybridized carbons (Fsp3) is 0.611. The van der Waals surface area contributed by atoms with Crippen LogP contribution < -0.4 is 10.6 Å². The Balaban J connectivity index is 1.65. The first-order valence-electron chi connectivity index (χ1n) is 8.52. The zero-order valence-corrected chi connectivity index (χ0v) is 14.2. The topological polar surface area (TPSA) is 50.4 Å². The van der Waals surface area contributed by atoms with E-state index in [9.17, 15) is 4.79 Å². The molecule has 0 aromatic heterocycles. The molecule has 2 N–H and O–H groups in total. The molecule has 126 valence electrons. The molecule has 0 bridgehead atoms. The Morgan fingerprint density at radius 3 is 2.91 bits per heavy atom. The highest BCUT2D eigenvalue weighted by Crippen LogP contribution is 2.35. The van der Waals surface area contributed by atoms with Gasteiger partial charge in [0, 0.05) is 42.7 Å². The summed E-state index contributed by atoms with van der Waals surface area (Å²) >= 11 is 6.18.